The Hall–Kier alpha value is -2.77. The van der Waals surface area contributed by atoms with Gasteiger partial charge in [0, 0.05) is 42.4 Å². The molecule has 5 rings (SSSR count). The molecule has 4 heterocycles. The number of hydrogen-bond donors (Lipinski definition) is 1. The van der Waals surface area contributed by atoms with Crippen LogP contribution in [0.15, 0.2) is 6.07 Å². The molecule has 0 spiro atoms. The molecule has 2 aliphatic heterocycles. The number of anilines is 1. The van der Waals surface area contributed by atoms with Crippen molar-refractivity contribution < 1.29 is 9.59 Å². The first-order valence-electron chi connectivity index (χ1n) is 12.0. The smallest absolute Gasteiger partial charge is 0.274 e. The fraction of sp³-hybridized carbons (Fsp3) is 0.625. The summed E-state index contributed by atoms with van der Waals surface area (Å²) in [6.07, 6.45) is 6.18. The van der Waals surface area contributed by atoms with Crippen molar-refractivity contribution in [3.8, 4) is 0 Å². The lowest BCUT2D eigenvalue weighted by molar-refractivity contribution is -0.119. The fourth-order valence-electron chi connectivity index (χ4n) is 4.85. The van der Waals surface area contributed by atoms with Crippen LogP contribution in [0.1, 0.15) is 97.6 Å². The fourth-order valence-corrected chi connectivity index (χ4v) is 4.85. The van der Waals surface area contributed by atoms with Gasteiger partial charge in [0.25, 0.3) is 5.91 Å². The number of carbonyl (C=O) groups excluding carboxylic acids is 2. The van der Waals surface area contributed by atoms with E-state index in [1.54, 1.807) is 0 Å². The summed E-state index contributed by atoms with van der Waals surface area (Å²) in [4.78, 5) is 39.4. The summed E-state index contributed by atoms with van der Waals surface area (Å²) in [5, 5.41) is 7.33. The van der Waals surface area contributed by atoms with E-state index >= 15 is 0 Å². The van der Waals surface area contributed by atoms with Crippen LogP contribution in [-0.4, -0.2) is 50.0 Å². The number of fused-ring (bicyclic) bond motifs is 1. The number of nitrogens with one attached hydrogen (secondary N) is 1. The minimum absolute atomic E-state index is 0.0673. The molecule has 8 heteroatoms. The zero-order chi connectivity index (χ0) is 22.4. The number of carbonyl (C=O) groups is 2. The summed E-state index contributed by atoms with van der Waals surface area (Å²) in [5.41, 5.74) is 3.52. The van der Waals surface area contributed by atoms with Crippen LogP contribution in [-0.2, 0) is 11.2 Å². The maximum absolute atomic E-state index is 13.3. The monoisotopic (exact) mass is 436 g/mol. The summed E-state index contributed by atoms with van der Waals surface area (Å²) in [6.45, 7) is 7.67. The largest absolute Gasteiger partial charge is 0.327 e. The minimum atomic E-state index is -0.184. The highest BCUT2D eigenvalue weighted by atomic mass is 16.2. The van der Waals surface area contributed by atoms with Gasteiger partial charge in [-0.25, -0.2) is 9.97 Å². The summed E-state index contributed by atoms with van der Waals surface area (Å²) in [5.74, 6) is 2.49. The number of aromatic amines is 1. The Morgan fingerprint density at radius 2 is 2.03 bits per heavy atom. The molecule has 0 unspecified atom stereocenters. The van der Waals surface area contributed by atoms with Crippen LogP contribution in [0.4, 0.5) is 5.82 Å². The Morgan fingerprint density at radius 1 is 1.22 bits per heavy atom. The Balaban J connectivity index is 1.43. The zero-order valence-electron chi connectivity index (χ0n) is 19.2. The Labute approximate surface area is 188 Å². The molecule has 0 aromatic carbocycles. The molecule has 8 nitrogen and oxygen atoms in total. The van der Waals surface area contributed by atoms with Crippen molar-refractivity contribution in [3.05, 3.63) is 34.5 Å². The van der Waals surface area contributed by atoms with Gasteiger partial charge in [-0.3, -0.25) is 19.6 Å². The van der Waals surface area contributed by atoms with Gasteiger partial charge >= 0.3 is 0 Å². The number of H-pyrrole nitrogens is 1. The molecule has 1 saturated heterocycles. The molecule has 0 bridgehead atoms. The molecule has 0 radical (unpaired) electrons. The van der Waals surface area contributed by atoms with Crippen molar-refractivity contribution >= 4 is 17.6 Å². The van der Waals surface area contributed by atoms with E-state index in [1.807, 2.05) is 22.8 Å². The highest BCUT2D eigenvalue weighted by molar-refractivity contribution is 5.95. The van der Waals surface area contributed by atoms with Gasteiger partial charge in [0.2, 0.25) is 5.91 Å². The Bertz CT molecular complexity index is 1040. The average molecular weight is 437 g/mol. The highest BCUT2D eigenvalue weighted by Crippen LogP contribution is 2.40. The maximum Gasteiger partial charge on any atom is 0.274 e. The molecule has 1 N–H and O–H groups in total. The lowest BCUT2D eigenvalue weighted by Crippen LogP contribution is -2.38. The van der Waals surface area contributed by atoms with E-state index in [2.05, 4.69) is 24.0 Å². The molecule has 2 amide bonds. The molecule has 1 atom stereocenters. The SMILES string of the molecule is Cc1nc([C@@H]2CCCN2C(=O)c2cc(C3CC3)[nH]n2)nc2c1CCC(=O)N2CCC(C)C. The first kappa shape index (κ1) is 21.1. The van der Waals surface area contributed by atoms with Gasteiger partial charge in [0.05, 0.1) is 6.04 Å². The second kappa shape index (κ2) is 8.30. The van der Waals surface area contributed by atoms with Crippen LogP contribution >= 0.6 is 0 Å². The van der Waals surface area contributed by atoms with Gasteiger partial charge in [-0.05, 0) is 57.4 Å². The molecule has 2 aromatic heterocycles. The molecule has 3 aliphatic rings. The highest BCUT2D eigenvalue weighted by Gasteiger charge is 2.36. The van der Waals surface area contributed by atoms with Gasteiger partial charge in [-0.1, -0.05) is 13.8 Å². The normalized spacial score (nSPS) is 20.9. The van der Waals surface area contributed by atoms with E-state index < -0.39 is 0 Å². The third-order valence-electron chi connectivity index (χ3n) is 6.93. The predicted molar refractivity (Wildman–Crippen MR) is 120 cm³/mol. The van der Waals surface area contributed by atoms with Gasteiger partial charge < -0.3 is 4.90 Å². The second-order valence-electron chi connectivity index (χ2n) is 9.84. The van der Waals surface area contributed by atoms with Gasteiger partial charge in [0.1, 0.15) is 11.5 Å². The number of amides is 2. The number of nitrogens with zero attached hydrogens (tertiary/aromatic N) is 5. The first-order valence-corrected chi connectivity index (χ1v) is 12.0. The van der Waals surface area contributed by atoms with Crippen molar-refractivity contribution in [2.24, 2.45) is 5.92 Å². The Kier molecular flexibility index (Phi) is 5.47. The van der Waals surface area contributed by atoms with E-state index in [1.165, 1.54) is 0 Å². The molecule has 2 fully saturated rings. The molecular weight excluding hydrogens is 404 g/mol. The standard InChI is InChI=1S/C24H32N6O2/c1-14(2)10-12-30-21(31)9-8-17-15(3)25-22(26-23(17)30)20-5-4-11-29(20)24(32)19-13-18(27-28-19)16-6-7-16/h13-14,16,20H,4-12H2,1-3H3,(H,27,28)/t20-/m0/s1. The number of aromatic nitrogens is 4. The first-order chi connectivity index (χ1) is 15.4. The van der Waals surface area contributed by atoms with E-state index in [4.69, 9.17) is 9.97 Å². The van der Waals surface area contributed by atoms with Crippen molar-refractivity contribution in [3.63, 3.8) is 0 Å². The average Bonchev–Trinajstić information content (AvgIpc) is 3.29. The van der Waals surface area contributed by atoms with Crippen LogP contribution in [0, 0.1) is 12.8 Å². The summed E-state index contributed by atoms with van der Waals surface area (Å²) in [6, 6.07) is 1.72. The number of likely N-dealkylation sites (tertiary alicyclic amines) is 1. The predicted octanol–water partition coefficient (Wildman–Crippen LogP) is 3.69. The second-order valence-corrected chi connectivity index (χ2v) is 9.84. The summed E-state index contributed by atoms with van der Waals surface area (Å²) < 4.78 is 0. The van der Waals surface area contributed by atoms with E-state index in [0.29, 0.717) is 49.3 Å². The van der Waals surface area contributed by atoms with Crippen LogP contribution in [0.5, 0.6) is 0 Å². The summed E-state index contributed by atoms with van der Waals surface area (Å²) >= 11 is 0. The maximum atomic E-state index is 13.3. The Morgan fingerprint density at radius 3 is 2.78 bits per heavy atom. The van der Waals surface area contributed by atoms with Crippen molar-refractivity contribution in [1.82, 2.24) is 25.1 Å². The van der Waals surface area contributed by atoms with Crippen LogP contribution in [0.2, 0.25) is 0 Å². The lowest BCUT2D eigenvalue weighted by Gasteiger charge is -2.31. The quantitative estimate of drug-likeness (QED) is 0.745. The molecule has 170 valence electrons. The number of hydrogen-bond acceptors (Lipinski definition) is 5. The van der Waals surface area contributed by atoms with Crippen LogP contribution in [0.25, 0.3) is 0 Å². The minimum Gasteiger partial charge on any atom is -0.327 e. The molecule has 2 aromatic rings. The topological polar surface area (TPSA) is 95.1 Å². The zero-order valence-corrected chi connectivity index (χ0v) is 19.2. The molecule has 32 heavy (non-hydrogen) atoms. The van der Waals surface area contributed by atoms with Gasteiger partial charge in [-0.2, -0.15) is 5.10 Å². The number of rotatable bonds is 6. The molecule has 1 saturated carbocycles. The van der Waals surface area contributed by atoms with Crippen LogP contribution in [0.3, 0.4) is 0 Å². The van der Waals surface area contributed by atoms with Gasteiger partial charge in [0.15, 0.2) is 5.82 Å². The number of aryl methyl sites for hydroxylation is 1. The lowest BCUT2D eigenvalue weighted by atomic mass is 10.0. The third-order valence-corrected chi connectivity index (χ3v) is 6.93. The summed E-state index contributed by atoms with van der Waals surface area (Å²) in [7, 11) is 0. The van der Waals surface area contributed by atoms with E-state index in [0.717, 1.165) is 54.9 Å². The van der Waals surface area contributed by atoms with Crippen LogP contribution < -0.4 is 4.90 Å². The van der Waals surface area contributed by atoms with Crippen molar-refractivity contribution in [2.75, 3.05) is 18.0 Å². The van der Waals surface area contributed by atoms with Gasteiger partial charge in [-0.15, -0.1) is 0 Å². The molecule has 1 aliphatic carbocycles. The van der Waals surface area contributed by atoms with E-state index in [-0.39, 0.29) is 17.9 Å². The van der Waals surface area contributed by atoms with Crippen molar-refractivity contribution in [1.29, 1.82) is 0 Å². The third kappa shape index (κ3) is 3.91. The van der Waals surface area contributed by atoms with Crippen molar-refractivity contribution in [2.45, 2.75) is 77.7 Å². The van der Waals surface area contributed by atoms with E-state index in [9.17, 15) is 9.59 Å². The molecular formula is C24H32N6O2.